The number of aryl methyl sites for hydroxylation is 1. The van der Waals surface area contributed by atoms with Gasteiger partial charge in [0, 0.05) is 19.9 Å². The number of ether oxygens (including phenoxy) is 1. The van der Waals surface area contributed by atoms with E-state index >= 15 is 0 Å². The predicted octanol–water partition coefficient (Wildman–Crippen LogP) is 0.908. The van der Waals surface area contributed by atoms with Crippen LogP contribution in [0.4, 0.5) is 0 Å². The third-order valence-electron chi connectivity index (χ3n) is 2.57. The van der Waals surface area contributed by atoms with Gasteiger partial charge in [0.2, 0.25) is 21.8 Å². The molecule has 0 saturated heterocycles. The highest BCUT2D eigenvalue weighted by Crippen LogP contribution is 2.15. The van der Waals surface area contributed by atoms with Crippen molar-refractivity contribution in [2.45, 2.75) is 18.2 Å². The standard InChI is InChI=1S/C12H15N3O4S/c1-9-14-15-12(19-9)7-8-13-20(16,17)11-5-3-10(18-2)4-6-11/h3-6,13H,7-8H2,1-2H3. The molecule has 0 fully saturated rings. The molecule has 108 valence electrons. The molecule has 0 saturated carbocycles. The Hall–Kier alpha value is -1.93. The molecule has 0 spiro atoms. The van der Waals surface area contributed by atoms with Gasteiger partial charge in [0.05, 0.1) is 12.0 Å². The lowest BCUT2D eigenvalue weighted by Gasteiger charge is -2.06. The van der Waals surface area contributed by atoms with Gasteiger partial charge in [-0.15, -0.1) is 10.2 Å². The van der Waals surface area contributed by atoms with E-state index < -0.39 is 10.0 Å². The largest absolute Gasteiger partial charge is 0.497 e. The third kappa shape index (κ3) is 3.55. The number of aromatic nitrogens is 2. The Morgan fingerprint density at radius 2 is 1.95 bits per heavy atom. The molecule has 0 aliphatic heterocycles. The second-order valence-electron chi connectivity index (χ2n) is 4.04. The minimum absolute atomic E-state index is 0.181. The van der Waals surface area contributed by atoms with Crippen molar-refractivity contribution >= 4 is 10.0 Å². The van der Waals surface area contributed by atoms with Crippen LogP contribution >= 0.6 is 0 Å². The molecular weight excluding hydrogens is 282 g/mol. The summed E-state index contributed by atoms with van der Waals surface area (Å²) in [6.07, 6.45) is 0.343. The number of nitrogens with one attached hydrogen (secondary N) is 1. The number of hydrogen-bond donors (Lipinski definition) is 1. The zero-order valence-corrected chi connectivity index (χ0v) is 12.0. The van der Waals surface area contributed by atoms with Gasteiger partial charge in [0.25, 0.3) is 0 Å². The summed E-state index contributed by atoms with van der Waals surface area (Å²) in [5, 5.41) is 7.46. The van der Waals surface area contributed by atoms with Crippen molar-refractivity contribution in [3.8, 4) is 5.75 Å². The molecule has 1 N–H and O–H groups in total. The lowest BCUT2D eigenvalue weighted by molar-refractivity contribution is 0.414. The number of hydrogen-bond acceptors (Lipinski definition) is 6. The van der Waals surface area contributed by atoms with Gasteiger partial charge in [0.1, 0.15) is 5.75 Å². The zero-order chi connectivity index (χ0) is 14.6. The summed E-state index contributed by atoms with van der Waals surface area (Å²) in [5.74, 6) is 1.46. The smallest absolute Gasteiger partial charge is 0.240 e. The number of benzene rings is 1. The van der Waals surface area contributed by atoms with Crippen LogP contribution in [0.15, 0.2) is 33.6 Å². The fourth-order valence-corrected chi connectivity index (χ4v) is 2.60. The molecule has 7 nitrogen and oxygen atoms in total. The Kier molecular flexibility index (Phi) is 4.35. The van der Waals surface area contributed by atoms with E-state index in [1.807, 2.05) is 0 Å². The van der Waals surface area contributed by atoms with Gasteiger partial charge in [-0.25, -0.2) is 13.1 Å². The van der Waals surface area contributed by atoms with E-state index in [0.29, 0.717) is 24.0 Å². The van der Waals surface area contributed by atoms with Crippen LogP contribution in [0.3, 0.4) is 0 Å². The maximum atomic E-state index is 12.0. The van der Waals surface area contributed by atoms with Gasteiger partial charge >= 0.3 is 0 Å². The molecule has 2 aromatic rings. The summed E-state index contributed by atoms with van der Waals surface area (Å²) < 4.78 is 36.6. The molecule has 1 aromatic heterocycles. The molecule has 0 amide bonds. The van der Waals surface area contributed by atoms with E-state index in [1.54, 1.807) is 19.1 Å². The molecule has 1 heterocycles. The first-order valence-electron chi connectivity index (χ1n) is 5.94. The summed E-state index contributed by atoms with van der Waals surface area (Å²) >= 11 is 0. The molecular formula is C12H15N3O4S. The van der Waals surface area contributed by atoms with Gasteiger partial charge in [-0.3, -0.25) is 0 Å². The van der Waals surface area contributed by atoms with Gasteiger partial charge in [-0.05, 0) is 24.3 Å². The average molecular weight is 297 g/mol. The normalized spacial score (nSPS) is 11.5. The molecule has 2 rings (SSSR count). The minimum Gasteiger partial charge on any atom is -0.497 e. The fraction of sp³-hybridized carbons (Fsp3) is 0.333. The van der Waals surface area contributed by atoms with Crippen LogP contribution in [0.5, 0.6) is 5.75 Å². The monoisotopic (exact) mass is 297 g/mol. The van der Waals surface area contributed by atoms with Crippen molar-refractivity contribution in [1.29, 1.82) is 0 Å². The van der Waals surface area contributed by atoms with Crippen LogP contribution < -0.4 is 9.46 Å². The van der Waals surface area contributed by atoms with Gasteiger partial charge in [-0.1, -0.05) is 0 Å². The number of rotatable bonds is 6. The predicted molar refractivity (Wildman–Crippen MR) is 70.9 cm³/mol. The van der Waals surface area contributed by atoms with Gasteiger partial charge in [0.15, 0.2) is 0 Å². The van der Waals surface area contributed by atoms with E-state index in [1.165, 1.54) is 19.2 Å². The molecule has 0 aliphatic rings. The zero-order valence-electron chi connectivity index (χ0n) is 11.2. The average Bonchev–Trinajstić information content (AvgIpc) is 2.84. The molecule has 0 bridgehead atoms. The molecule has 8 heteroatoms. The lowest BCUT2D eigenvalue weighted by Crippen LogP contribution is -2.26. The van der Waals surface area contributed by atoms with E-state index in [9.17, 15) is 8.42 Å². The molecule has 0 aliphatic carbocycles. The third-order valence-corrected chi connectivity index (χ3v) is 4.05. The quantitative estimate of drug-likeness (QED) is 0.851. The van der Waals surface area contributed by atoms with Crippen LogP contribution in [0.25, 0.3) is 0 Å². The van der Waals surface area contributed by atoms with Crippen molar-refractivity contribution in [1.82, 2.24) is 14.9 Å². The maximum absolute atomic E-state index is 12.0. The number of nitrogens with zero attached hydrogens (tertiary/aromatic N) is 2. The Labute approximate surface area is 117 Å². The molecule has 0 radical (unpaired) electrons. The van der Waals surface area contributed by atoms with Crippen LogP contribution in [0.1, 0.15) is 11.8 Å². The van der Waals surface area contributed by atoms with Crippen molar-refractivity contribution in [3.63, 3.8) is 0 Å². The van der Waals surface area contributed by atoms with Gasteiger partial charge in [-0.2, -0.15) is 0 Å². The molecule has 0 unspecified atom stereocenters. The fourth-order valence-electron chi connectivity index (χ4n) is 1.57. The highest BCUT2D eigenvalue weighted by Gasteiger charge is 2.14. The first-order valence-corrected chi connectivity index (χ1v) is 7.42. The Balaban J connectivity index is 1.96. The Morgan fingerprint density at radius 1 is 1.25 bits per heavy atom. The second kappa shape index (κ2) is 6.02. The van der Waals surface area contributed by atoms with E-state index in [-0.39, 0.29) is 11.4 Å². The second-order valence-corrected chi connectivity index (χ2v) is 5.81. The maximum Gasteiger partial charge on any atom is 0.240 e. The number of sulfonamides is 1. The van der Waals surface area contributed by atoms with Crippen molar-refractivity contribution in [2.24, 2.45) is 0 Å². The minimum atomic E-state index is -3.54. The Bertz CT molecular complexity index is 664. The summed E-state index contributed by atoms with van der Waals surface area (Å²) in [6.45, 7) is 1.87. The van der Waals surface area contributed by atoms with E-state index in [0.717, 1.165) is 0 Å². The number of methoxy groups -OCH3 is 1. The van der Waals surface area contributed by atoms with E-state index in [4.69, 9.17) is 9.15 Å². The lowest BCUT2D eigenvalue weighted by atomic mass is 10.3. The molecule has 1 aromatic carbocycles. The van der Waals surface area contributed by atoms with Crippen LogP contribution in [-0.4, -0.2) is 32.3 Å². The van der Waals surface area contributed by atoms with Gasteiger partial charge < -0.3 is 9.15 Å². The first kappa shape index (κ1) is 14.5. The van der Waals surface area contributed by atoms with Crippen molar-refractivity contribution in [3.05, 3.63) is 36.0 Å². The Morgan fingerprint density at radius 3 is 2.50 bits per heavy atom. The topological polar surface area (TPSA) is 94.3 Å². The van der Waals surface area contributed by atoms with Crippen LogP contribution in [0.2, 0.25) is 0 Å². The van der Waals surface area contributed by atoms with Crippen LogP contribution in [0, 0.1) is 6.92 Å². The highest BCUT2D eigenvalue weighted by molar-refractivity contribution is 7.89. The highest BCUT2D eigenvalue weighted by atomic mass is 32.2. The molecule has 20 heavy (non-hydrogen) atoms. The summed E-state index contributed by atoms with van der Waals surface area (Å²) in [5.41, 5.74) is 0. The molecule has 0 atom stereocenters. The van der Waals surface area contributed by atoms with E-state index in [2.05, 4.69) is 14.9 Å². The summed E-state index contributed by atoms with van der Waals surface area (Å²) in [6, 6.07) is 6.15. The summed E-state index contributed by atoms with van der Waals surface area (Å²) in [7, 11) is -2.02. The van der Waals surface area contributed by atoms with Crippen LogP contribution in [-0.2, 0) is 16.4 Å². The van der Waals surface area contributed by atoms with Crippen molar-refractivity contribution in [2.75, 3.05) is 13.7 Å². The van der Waals surface area contributed by atoms with Crippen molar-refractivity contribution < 1.29 is 17.6 Å². The first-order chi connectivity index (χ1) is 9.51. The summed E-state index contributed by atoms with van der Waals surface area (Å²) in [4.78, 5) is 0.181. The SMILES string of the molecule is COc1ccc(S(=O)(=O)NCCc2nnc(C)o2)cc1.